The number of aliphatic carboxylic acids is 2. The van der Waals surface area contributed by atoms with Gasteiger partial charge in [-0.05, 0) is 38.1 Å². The topological polar surface area (TPSA) is 116 Å². The number of nitrogens with zero attached hydrogens (tertiary/aromatic N) is 1. The van der Waals surface area contributed by atoms with Gasteiger partial charge >= 0.3 is 11.9 Å². The lowest BCUT2D eigenvalue weighted by Crippen LogP contribution is -2.48. The number of amides is 1. The largest absolute Gasteiger partial charge is 0.473 e. The number of morpholine rings is 1. The standard InChI is InChI=1S/C14H19FN2O2.C2H2O4/c1-10-7-17(8-11(2)19-10)9-14(18)16-13-5-3-12(15)4-6-13;3-1(4)2(5)6/h3-6,10-11H,7-9H2,1-2H3,(H,16,18);(H,3,4)(H,5,6). The van der Waals surface area contributed by atoms with E-state index < -0.39 is 11.9 Å². The molecule has 1 heterocycles. The number of carboxylic acids is 2. The van der Waals surface area contributed by atoms with Crippen molar-refractivity contribution in [2.45, 2.75) is 26.1 Å². The van der Waals surface area contributed by atoms with Gasteiger partial charge in [-0.1, -0.05) is 0 Å². The number of rotatable bonds is 3. The molecule has 0 radical (unpaired) electrons. The van der Waals surface area contributed by atoms with E-state index in [1.54, 1.807) is 12.1 Å². The predicted molar refractivity (Wildman–Crippen MR) is 86.8 cm³/mol. The molecule has 1 fully saturated rings. The van der Waals surface area contributed by atoms with Gasteiger partial charge in [0.25, 0.3) is 0 Å². The number of anilines is 1. The van der Waals surface area contributed by atoms with Crippen LogP contribution in [0.4, 0.5) is 10.1 Å². The smallest absolute Gasteiger partial charge is 0.414 e. The van der Waals surface area contributed by atoms with Crippen LogP contribution in [0.15, 0.2) is 24.3 Å². The molecule has 9 heteroatoms. The summed E-state index contributed by atoms with van der Waals surface area (Å²) in [5, 5.41) is 17.5. The van der Waals surface area contributed by atoms with Crippen LogP contribution in [-0.2, 0) is 19.1 Å². The fraction of sp³-hybridized carbons (Fsp3) is 0.438. The lowest BCUT2D eigenvalue weighted by molar-refractivity contribution is -0.159. The highest BCUT2D eigenvalue weighted by atomic mass is 19.1. The first-order valence-electron chi connectivity index (χ1n) is 7.56. The second-order valence-corrected chi connectivity index (χ2v) is 5.62. The third kappa shape index (κ3) is 8.23. The van der Waals surface area contributed by atoms with E-state index in [-0.39, 0.29) is 23.9 Å². The minimum atomic E-state index is -1.82. The number of carboxylic acid groups (broad SMARTS) is 2. The molecular formula is C16H21FN2O6. The lowest BCUT2D eigenvalue weighted by atomic mass is 10.2. The molecule has 1 aliphatic heterocycles. The van der Waals surface area contributed by atoms with E-state index in [1.165, 1.54) is 12.1 Å². The van der Waals surface area contributed by atoms with Crippen molar-refractivity contribution in [3.05, 3.63) is 30.1 Å². The van der Waals surface area contributed by atoms with Crippen LogP contribution < -0.4 is 5.32 Å². The van der Waals surface area contributed by atoms with Crippen LogP contribution in [0, 0.1) is 5.82 Å². The summed E-state index contributed by atoms with van der Waals surface area (Å²) in [5.74, 6) is -4.05. The summed E-state index contributed by atoms with van der Waals surface area (Å²) >= 11 is 0. The van der Waals surface area contributed by atoms with Crippen molar-refractivity contribution in [2.75, 3.05) is 25.0 Å². The van der Waals surface area contributed by atoms with Crippen molar-refractivity contribution in [2.24, 2.45) is 0 Å². The Morgan fingerprint density at radius 1 is 1.12 bits per heavy atom. The normalized spacial score (nSPS) is 20.1. The van der Waals surface area contributed by atoms with Crippen LogP contribution in [0.5, 0.6) is 0 Å². The summed E-state index contributed by atoms with van der Waals surface area (Å²) < 4.78 is 18.4. The Bertz CT molecular complexity index is 585. The summed E-state index contributed by atoms with van der Waals surface area (Å²) in [4.78, 5) is 32.2. The van der Waals surface area contributed by atoms with Gasteiger partial charge in [0.05, 0.1) is 18.8 Å². The summed E-state index contributed by atoms with van der Waals surface area (Å²) in [6.07, 6.45) is 0.282. The Balaban J connectivity index is 0.000000450. The van der Waals surface area contributed by atoms with Gasteiger partial charge in [0, 0.05) is 18.8 Å². The van der Waals surface area contributed by atoms with Gasteiger partial charge in [0.1, 0.15) is 5.82 Å². The lowest BCUT2D eigenvalue weighted by Gasteiger charge is -2.34. The first-order chi connectivity index (χ1) is 11.7. The minimum absolute atomic E-state index is 0.0899. The molecule has 1 amide bonds. The van der Waals surface area contributed by atoms with E-state index in [9.17, 15) is 9.18 Å². The molecular weight excluding hydrogens is 335 g/mol. The van der Waals surface area contributed by atoms with Crippen LogP contribution in [0.2, 0.25) is 0 Å². The average Bonchev–Trinajstić information content (AvgIpc) is 2.49. The van der Waals surface area contributed by atoms with Crippen molar-refractivity contribution in [3.8, 4) is 0 Å². The van der Waals surface area contributed by atoms with Gasteiger partial charge in [-0.2, -0.15) is 0 Å². The third-order valence-electron chi connectivity index (χ3n) is 3.17. The van der Waals surface area contributed by atoms with Gasteiger partial charge < -0.3 is 20.3 Å². The maximum absolute atomic E-state index is 12.7. The van der Waals surface area contributed by atoms with Crippen molar-refractivity contribution in [1.29, 1.82) is 0 Å². The van der Waals surface area contributed by atoms with Crippen LogP contribution in [0.3, 0.4) is 0 Å². The van der Waals surface area contributed by atoms with Gasteiger partial charge in [-0.3, -0.25) is 9.69 Å². The first kappa shape index (κ1) is 20.5. The quantitative estimate of drug-likeness (QED) is 0.693. The van der Waals surface area contributed by atoms with Crippen LogP contribution >= 0.6 is 0 Å². The maximum Gasteiger partial charge on any atom is 0.414 e. The Morgan fingerprint density at radius 2 is 1.60 bits per heavy atom. The van der Waals surface area contributed by atoms with E-state index in [0.717, 1.165) is 13.1 Å². The number of benzene rings is 1. The van der Waals surface area contributed by atoms with Crippen molar-refractivity contribution >= 4 is 23.5 Å². The molecule has 0 saturated carbocycles. The molecule has 1 saturated heterocycles. The summed E-state index contributed by atoms with van der Waals surface area (Å²) in [7, 11) is 0. The van der Waals surface area contributed by atoms with Crippen molar-refractivity contribution in [3.63, 3.8) is 0 Å². The van der Waals surface area contributed by atoms with E-state index >= 15 is 0 Å². The Morgan fingerprint density at radius 3 is 2.04 bits per heavy atom. The molecule has 0 aliphatic carbocycles. The van der Waals surface area contributed by atoms with E-state index in [0.29, 0.717) is 12.2 Å². The predicted octanol–water partition coefficient (Wildman–Crippen LogP) is 1.03. The monoisotopic (exact) mass is 356 g/mol. The maximum atomic E-state index is 12.7. The Labute approximate surface area is 144 Å². The number of nitrogens with one attached hydrogen (secondary N) is 1. The molecule has 1 aliphatic rings. The molecule has 138 valence electrons. The zero-order valence-corrected chi connectivity index (χ0v) is 13.9. The highest BCUT2D eigenvalue weighted by Crippen LogP contribution is 2.11. The summed E-state index contributed by atoms with van der Waals surface area (Å²) in [5.41, 5.74) is 0.612. The Kier molecular flexibility index (Phi) is 7.96. The van der Waals surface area contributed by atoms with Crippen LogP contribution in [0.25, 0.3) is 0 Å². The molecule has 2 rings (SSSR count). The molecule has 3 N–H and O–H groups in total. The zero-order valence-electron chi connectivity index (χ0n) is 13.9. The van der Waals surface area contributed by atoms with Crippen molar-refractivity contribution < 1.29 is 33.7 Å². The van der Waals surface area contributed by atoms with Crippen LogP contribution in [0.1, 0.15) is 13.8 Å². The molecule has 0 bridgehead atoms. The number of ether oxygens (including phenoxy) is 1. The molecule has 2 unspecified atom stereocenters. The van der Waals surface area contributed by atoms with Gasteiger partial charge in [-0.25, -0.2) is 14.0 Å². The number of halogens is 1. The Hall–Kier alpha value is -2.52. The minimum Gasteiger partial charge on any atom is -0.473 e. The van der Waals surface area contributed by atoms with Gasteiger partial charge in [0.2, 0.25) is 5.91 Å². The molecule has 1 aromatic rings. The van der Waals surface area contributed by atoms with Crippen molar-refractivity contribution in [1.82, 2.24) is 4.90 Å². The second-order valence-electron chi connectivity index (χ2n) is 5.62. The average molecular weight is 356 g/mol. The van der Waals surface area contributed by atoms with E-state index in [4.69, 9.17) is 24.5 Å². The molecule has 1 aromatic carbocycles. The fourth-order valence-corrected chi connectivity index (χ4v) is 2.35. The first-order valence-corrected chi connectivity index (χ1v) is 7.56. The van der Waals surface area contributed by atoms with E-state index in [1.807, 2.05) is 13.8 Å². The number of hydrogen-bond donors (Lipinski definition) is 3. The highest BCUT2D eigenvalue weighted by molar-refractivity contribution is 6.27. The third-order valence-corrected chi connectivity index (χ3v) is 3.17. The SMILES string of the molecule is CC1CN(CC(=O)Nc2ccc(F)cc2)CC(C)O1.O=C(O)C(=O)O. The van der Waals surface area contributed by atoms with Gasteiger partial charge in [0.15, 0.2) is 0 Å². The summed E-state index contributed by atoms with van der Waals surface area (Å²) in [6.45, 7) is 5.83. The fourth-order valence-electron chi connectivity index (χ4n) is 2.35. The number of carbonyl (C=O) groups excluding carboxylic acids is 1. The summed E-state index contributed by atoms with van der Waals surface area (Å²) in [6, 6.07) is 5.76. The molecule has 0 aromatic heterocycles. The number of carbonyl (C=O) groups is 3. The molecule has 2 atom stereocenters. The zero-order chi connectivity index (χ0) is 19.0. The molecule has 8 nitrogen and oxygen atoms in total. The molecule has 0 spiro atoms. The van der Waals surface area contributed by atoms with E-state index in [2.05, 4.69) is 10.2 Å². The number of hydrogen-bond acceptors (Lipinski definition) is 5. The highest BCUT2D eigenvalue weighted by Gasteiger charge is 2.23. The van der Waals surface area contributed by atoms with Gasteiger partial charge in [-0.15, -0.1) is 0 Å². The van der Waals surface area contributed by atoms with Crippen LogP contribution in [-0.4, -0.2) is 64.8 Å². The second kappa shape index (κ2) is 9.70. The molecule has 25 heavy (non-hydrogen) atoms.